The van der Waals surface area contributed by atoms with Gasteiger partial charge in [-0.25, -0.2) is 0 Å². The fourth-order valence-corrected chi connectivity index (χ4v) is 5.72. The highest BCUT2D eigenvalue weighted by molar-refractivity contribution is 5.52. The summed E-state index contributed by atoms with van der Waals surface area (Å²) in [6.45, 7) is 12.2. The maximum atomic E-state index is 6.74. The van der Waals surface area contributed by atoms with Crippen LogP contribution in [0.25, 0.3) is 0 Å². The lowest BCUT2D eigenvalue weighted by atomic mass is 9.91. The minimum Gasteiger partial charge on any atom is -0.487 e. The molecule has 1 atom stereocenters. The second-order valence-electron chi connectivity index (χ2n) is 10.8. The van der Waals surface area contributed by atoms with Crippen LogP contribution in [0.5, 0.6) is 5.75 Å². The smallest absolute Gasteiger partial charge is 0.126 e. The third-order valence-electron chi connectivity index (χ3n) is 8.04. The van der Waals surface area contributed by atoms with E-state index in [0.717, 1.165) is 51.1 Å². The average molecular weight is 470 g/mol. The lowest BCUT2D eigenvalue weighted by Crippen LogP contribution is -2.41. The van der Waals surface area contributed by atoms with E-state index in [1.54, 1.807) is 0 Å². The molecule has 3 aromatic carbocycles. The molecule has 3 nitrogen and oxygen atoms in total. The summed E-state index contributed by atoms with van der Waals surface area (Å²) < 4.78 is 13.3. The van der Waals surface area contributed by atoms with Gasteiger partial charge in [0.1, 0.15) is 17.5 Å². The Morgan fingerprint density at radius 2 is 1.51 bits per heavy atom. The summed E-state index contributed by atoms with van der Waals surface area (Å²) in [4.78, 5) is 2.60. The Labute approximate surface area is 211 Å². The molecule has 2 heterocycles. The van der Waals surface area contributed by atoms with Crippen molar-refractivity contribution in [3.05, 3.63) is 100 Å². The maximum absolute atomic E-state index is 6.74. The molecular weight excluding hydrogens is 430 g/mol. The molecule has 3 heteroatoms. The number of hydrogen-bond acceptors (Lipinski definition) is 3. The quantitative estimate of drug-likeness (QED) is 0.373. The SMILES string of the molecule is Cc1cc(C)c2c(c1C)OC(C)(CCN1CCC(OC(c3ccccc3)c3ccccc3)CC1)C2. The molecule has 3 aromatic rings. The molecule has 0 spiro atoms. The highest BCUT2D eigenvalue weighted by Gasteiger charge is 2.37. The molecule has 35 heavy (non-hydrogen) atoms. The molecule has 1 unspecified atom stereocenters. The van der Waals surface area contributed by atoms with Crippen molar-refractivity contribution >= 4 is 0 Å². The van der Waals surface area contributed by atoms with Crippen LogP contribution in [0.1, 0.15) is 65.7 Å². The van der Waals surface area contributed by atoms with Gasteiger partial charge >= 0.3 is 0 Å². The van der Waals surface area contributed by atoms with Crippen LogP contribution in [0.15, 0.2) is 66.7 Å². The zero-order valence-corrected chi connectivity index (χ0v) is 21.7. The molecule has 0 aromatic heterocycles. The first kappa shape index (κ1) is 24.1. The molecular formula is C32H39NO2. The number of benzene rings is 3. The topological polar surface area (TPSA) is 21.7 Å². The number of rotatable bonds is 7. The number of ether oxygens (including phenoxy) is 2. The summed E-state index contributed by atoms with van der Waals surface area (Å²) in [6, 6.07) is 23.6. The predicted octanol–water partition coefficient (Wildman–Crippen LogP) is 6.97. The van der Waals surface area contributed by atoms with Gasteiger partial charge < -0.3 is 14.4 Å². The summed E-state index contributed by atoms with van der Waals surface area (Å²) in [5.74, 6) is 1.14. The van der Waals surface area contributed by atoms with Gasteiger partial charge in [-0.2, -0.15) is 0 Å². The summed E-state index contributed by atoms with van der Waals surface area (Å²) in [5.41, 5.74) is 7.77. The Balaban J connectivity index is 1.17. The first-order chi connectivity index (χ1) is 16.9. The molecule has 2 aliphatic rings. The Morgan fingerprint density at radius 3 is 2.11 bits per heavy atom. The van der Waals surface area contributed by atoms with Crippen LogP contribution in [-0.4, -0.2) is 36.2 Å². The standard InChI is InChI=1S/C32H39NO2/c1-23-21-24(2)29-22-32(4,35-30(29)25(23)3)17-20-33-18-15-28(16-19-33)34-31(26-11-7-5-8-12-26)27-13-9-6-10-14-27/h5-14,21,28,31H,15-20,22H2,1-4H3. The number of fused-ring (bicyclic) bond motifs is 1. The molecule has 2 aliphatic heterocycles. The zero-order valence-electron chi connectivity index (χ0n) is 21.7. The Bertz CT molecular complexity index is 1100. The van der Waals surface area contributed by atoms with Gasteiger partial charge in [0.25, 0.3) is 0 Å². The predicted molar refractivity (Wildman–Crippen MR) is 143 cm³/mol. The molecule has 0 radical (unpaired) electrons. The molecule has 0 saturated carbocycles. The fourth-order valence-electron chi connectivity index (χ4n) is 5.72. The van der Waals surface area contributed by atoms with Crippen molar-refractivity contribution in [3.63, 3.8) is 0 Å². The van der Waals surface area contributed by atoms with Crippen LogP contribution in [0, 0.1) is 20.8 Å². The van der Waals surface area contributed by atoms with Crippen LogP contribution in [0.4, 0.5) is 0 Å². The van der Waals surface area contributed by atoms with E-state index < -0.39 is 0 Å². The number of nitrogens with zero attached hydrogens (tertiary/aromatic N) is 1. The van der Waals surface area contributed by atoms with Crippen molar-refractivity contribution in [1.29, 1.82) is 0 Å². The van der Waals surface area contributed by atoms with E-state index >= 15 is 0 Å². The highest BCUT2D eigenvalue weighted by atomic mass is 16.5. The highest BCUT2D eigenvalue weighted by Crippen LogP contribution is 2.42. The molecule has 0 N–H and O–H groups in total. The summed E-state index contributed by atoms with van der Waals surface area (Å²) in [7, 11) is 0. The molecule has 0 amide bonds. The molecule has 1 saturated heterocycles. The van der Waals surface area contributed by atoms with Crippen LogP contribution in [-0.2, 0) is 11.2 Å². The Morgan fingerprint density at radius 1 is 0.914 bits per heavy atom. The first-order valence-corrected chi connectivity index (χ1v) is 13.2. The molecule has 5 rings (SSSR count). The van der Waals surface area contributed by atoms with Crippen molar-refractivity contribution in [3.8, 4) is 5.75 Å². The molecule has 184 valence electrons. The van der Waals surface area contributed by atoms with Gasteiger partial charge in [-0.1, -0.05) is 66.7 Å². The maximum Gasteiger partial charge on any atom is 0.126 e. The summed E-state index contributed by atoms with van der Waals surface area (Å²) in [5, 5.41) is 0. The molecule has 0 bridgehead atoms. The number of hydrogen-bond donors (Lipinski definition) is 0. The van der Waals surface area contributed by atoms with Crippen molar-refractivity contribution < 1.29 is 9.47 Å². The molecule has 0 aliphatic carbocycles. The minimum absolute atomic E-state index is 0.00631. The van der Waals surface area contributed by atoms with Crippen LogP contribution >= 0.6 is 0 Å². The number of piperidine rings is 1. The van der Waals surface area contributed by atoms with Gasteiger partial charge in [-0.3, -0.25) is 0 Å². The van der Waals surface area contributed by atoms with E-state index in [2.05, 4.69) is 99.3 Å². The second kappa shape index (κ2) is 10.2. The van der Waals surface area contributed by atoms with Crippen LogP contribution < -0.4 is 4.74 Å². The average Bonchev–Trinajstić information content (AvgIpc) is 3.25. The number of aryl methyl sites for hydroxylation is 2. The van der Waals surface area contributed by atoms with E-state index in [4.69, 9.17) is 9.47 Å². The van der Waals surface area contributed by atoms with Crippen molar-refractivity contribution in [2.45, 2.75) is 71.2 Å². The fraction of sp³-hybridized carbons (Fsp3) is 0.438. The van der Waals surface area contributed by atoms with Gasteiger partial charge in [0, 0.05) is 31.6 Å². The van der Waals surface area contributed by atoms with E-state index in [1.165, 1.54) is 33.4 Å². The Kier molecular flexibility index (Phi) is 7.00. The van der Waals surface area contributed by atoms with Crippen LogP contribution in [0.2, 0.25) is 0 Å². The lowest BCUT2D eigenvalue weighted by Gasteiger charge is -2.35. The zero-order chi connectivity index (χ0) is 24.4. The number of likely N-dealkylation sites (tertiary alicyclic amines) is 1. The van der Waals surface area contributed by atoms with E-state index in [9.17, 15) is 0 Å². The minimum atomic E-state index is -0.106. The van der Waals surface area contributed by atoms with Gasteiger partial charge in [0.05, 0.1) is 6.10 Å². The van der Waals surface area contributed by atoms with Gasteiger partial charge in [0.15, 0.2) is 0 Å². The Hall–Kier alpha value is -2.62. The van der Waals surface area contributed by atoms with Crippen molar-refractivity contribution in [2.24, 2.45) is 0 Å². The summed E-state index contributed by atoms with van der Waals surface area (Å²) >= 11 is 0. The van der Waals surface area contributed by atoms with Gasteiger partial charge in [-0.15, -0.1) is 0 Å². The summed E-state index contributed by atoms with van der Waals surface area (Å²) in [6.07, 6.45) is 4.50. The second-order valence-corrected chi connectivity index (χ2v) is 10.8. The van der Waals surface area contributed by atoms with Crippen LogP contribution in [0.3, 0.4) is 0 Å². The lowest BCUT2D eigenvalue weighted by molar-refractivity contribution is -0.0295. The monoisotopic (exact) mass is 469 g/mol. The van der Waals surface area contributed by atoms with Gasteiger partial charge in [-0.05, 0) is 74.8 Å². The third-order valence-corrected chi connectivity index (χ3v) is 8.04. The third kappa shape index (κ3) is 5.32. The van der Waals surface area contributed by atoms with E-state index in [0.29, 0.717) is 0 Å². The first-order valence-electron chi connectivity index (χ1n) is 13.2. The molecule has 1 fully saturated rings. The van der Waals surface area contributed by atoms with E-state index in [-0.39, 0.29) is 17.8 Å². The van der Waals surface area contributed by atoms with Crippen molar-refractivity contribution in [1.82, 2.24) is 4.90 Å². The van der Waals surface area contributed by atoms with E-state index in [1.807, 2.05) is 0 Å². The largest absolute Gasteiger partial charge is 0.487 e. The normalized spacial score (nSPS) is 20.7. The van der Waals surface area contributed by atoms with Crippen molar-refractivity contribution in [2.75, 3.05) is 19.6 Å². The van der Waals surface area contributed by atoms with Gasteiger partial charge in [0.2, 0.25) is 0 Å².